The molecule has 208 valence electrons. The van der Waals surface area contributed by atoms with E-state index in [0.717, 1.165) is 4.31 Å². The number of benzene rings is 3. The molecular formula is C27H27Cl4N3O4S. The number of carbonyl (C=O) groups is 2. The van der Waals surface area contributed by atoms with E-state index in [1.807, 2.05) is 0 Å². The second kappa shape index (κ2) is 13.7. The largest absolute Gasteiger partial charge is 0.355 e. The summed E-state index contributed by atoms with van der Waals surface area (Å²) < 4.78 is 28.6. The number of nitrogens with zero attached hydrogens (tertiary/aromatic N) is 2. The number of likely N-dealkylation sites (N-methyl/N-ethyl adjacent to an activating group) is 1. The van der Waals surface area contributed by atoms with E-state index in [4.69, 9.17) is 46.4 Å². The molecule has 2 amide bonds. The highest BCUT2D eigenvalue weighted by molar-refractivity contribution is 7.92. The van der Waals surface area contributed by atoms with E-state index in [0.29, 0.717) is 22.2 Å². The number of amides is 2. The van der Waals surface area contributed by atoms with Gasteiger partial charge >= 0.3 is 0 Å². The van der Waals surface area contributed by atoms with Crippen molar-refractivity contribution >= 4 is 73.9 Å². The number of sulfonamides is 1. The summed E-state index contributed by atoms with van der Waals surface area (Å²) in [6.45, 7) is 3.05. The molecule has 0 saturated carbocycles. The number of carbonyl (C=O) groups excluding carboxylic acids is 2. The number of rotatable bonds is 11. The van der Waals surface area contributed by atoms with Gasteiger partial charge in [0.2, 0.25) is 11.8 Å². The maximum Gasteiger partial charge on any atom is 0.264 e. The molecule has 1 atom stereocenters. The Hall–Kier alpha value is -2.49. The molecule has 0 radical (unpaired) electrons. The second-order valence-electron chi connectivity index (χ2n) is 8.46. The Morgan fingerprint density at radius 2 is 1.51 bits per heavy atom. The molecule has 0 saturated heterocycles. The predicted molar refractivity (Wildman–Crippen MR) is 157 cm³/mol. The van der Waals surface area contributed by atoms with Crippen molar-refractivity contribution in [3.8, 4) is 0 Å². The summed E-state index contributed by atoms with van der Waals surface area (Å²) in [5.41, 5.74) is 0.443. The first-order valence-electron chi connectivity index (χ1n) is 12.0. The van der Waals surface area contributed by atoms with Crippen molar-refractivity contribution in [3.05, 3.63) is 92.4 Å². The summed E-state index contributed by atoms with van der Waals surface area (Å²) in [4.78, 5) is 28.3. The van der Waals surface area contributed by atoms with Crippen molar-refractivity contribution in [2.75, 3.05) is 17.4 Å². The normalized spacial score (nSPS) is 12.1. The molecule has 7 nitrogen and oxygen atoms in total. The summed E-state index contributed by atoms with van der Waals surface area (Å²) in [6, 6.07) is 15.9. The molecule has 0 heterocycles. The van der Waals surface area contributed by atoms with Crippen LogP contribution >= 0.6 is 46.4 Å². The molecular weight excluding hydrogens is 604 g/mol. The smallest absolute Gasteiger partial charge is 0.264 e. The van der Waals surface area contributed by atoms with Gasteiger partial charge in [-0.3, -0.25) is 13.9 Å². The lowest BCUT2D eigenvalue weighted by Crippen LogP contribution is -2.52. The van der Waals surface area contributed by atoms with Crippen LogP contribution in [0, 0.1) is 0 Å². The Bertz CT molecular complexity index is 1420. The van der Waals surface area contributed by atoms with Crippen molar-refractivity contribution in [2.45, 2.75) is 37.8 Å². The number of hydrogen-bond donors (Lipinski definition) is 1. The van der Waals surface area contributed by atoms with Gasteiger partial charge in [0.25, 0.3) is 10.0 Å². The third kappa shape index (κ3) is 7.38. The molecule has 0 aromatic heterocycles. The van der Waals surface area contributed by atoms with Gasteiger partial charge in [-0.15, -0.1) is 0 Å². The molecule has 3 rings (SSSR count). The number of hydrogen-bond acceptors (Lipinski definition) is 4. The Kier molecular flexibility index (Phi) is 10.9. The lowest BCUT2D eigenvalue weighted by Gasteiger charge is -2.33. The van der Waals surface area contributed by atoms with Crippen LogP contribution in [0.1, 0.15) is 25.8 Å². The van der Waals surface area contributed by atoms with E-state index in [2.05, 4.69) is 5.32 Å². The van der Waals surface area contributed by atoms with Crippen LogP contribution in [-0.4, -0.2) is 44.3 Å². The zero-order valence-electron chi connectivity index (χ0n) is 21.2. The number of nitrogens with one attached hydrogen (secondary N) is 1. The molecule has 3 aromatic carbocycles. The highest BCUT2D eigenvalue weighted by Crippen LogP contribution is 2.34. The fourth-order valence-electron chi connectivity index (χ4n) is 3.98. The molecule has 0 spiro atoms. The Morgan fingerprint density at radius 3 is 2.10 bits per heavy atom. The van der Waals surface area contributed by atoms with E-state index in [-0.39, 0.29) is 33.6 Å². The van der Waals surface area contributed by atoms with Crippen LogP contribution in [0.2, 0.25) is 20.1 Å². The lowest BCUT2D eigenvalue weighted by atomic mass is 10.1. The van der Waals surface area contributed by atoms with Crippen LogP contribution in [0.3, 0.4) is 0 Å². The molecule has 1 N–H and O–H groups in total. The Labute approximate surface area is 248 Å². The first-order valence-corrected chi connectivity index (χ1v) is 15.0. The predicted octanol–water partition coefficient (Wildman–Crippen LogP) is 6.44. The van der Waals surface area contributed by atoms with Crippen LogP contribution in [0.5, 0.6) is 0 Å². The molecule has 0 aliphatic carbocycles. The van der Waals surface area contributed by atoms with Crippen molar-refractivity contribution in [3.63, 3.8) is 0 Å². The summed E-state index contributed by atoms with van der Waals surface area (Å²) in [5, 5.41) is 3.64. The summed E-state index contributed by atoms with van der Waals surface area (Å²) in [6.07, 6.45) is 0.253. The molecule has 3 aromatic rings. The Morgan fingerprint density at radius 1 is 0.872 bits per heavy atom. The van der Waals surface area contributed by atoms with E-state index in [1.54, 1.807) is 50.2 Å². The average Bonchev–Trinajstić information content (AvgIpc) is 2.90. The van der Waals surface area contributed by atoms with Gasteiger partial charge < -0.3 is 10.2 Å². The van der Waals surface area contributed by atoms with Gasteiger partial charge in [0.05, 0.1) is 15.6 Å². The van der Waals surface area contributed by atoms with Crippen LogP contribution in [-0.2, 0) is 26.2 Å². The van der Waals surface area contributed by atoms with Gasteiger partial charge in [0, 0.05) is 33.7 Å². The van der Waals surface area contributed by atoms with E-state index < -0.39 is 34.4 Å². The molecule has 0 unspecified atom stereocenters. The summed E-state index contributed by atoms with van der Waals surface area (Å²) in [5.74, 6) is -1.06. The maximum absolute atomic E-state index is 14.0. The van der Waals surface area contributed by atoms with Crippen molar-refractivity contribution in [1.29, 1.82) is 0 Å². The molecule has 0 aliphatic heterocycles. The Balaban J connectivity index is 2.13. The zero-order valence-corrected chi connectivity index (χ0v) is 25.0. The topological polar surface area (TPSA) is 86.8 Å². The highest BCUT2D eigenvalue weighted by Gasteiger charge is 2.35. The van der Waals surface area contributed by atoms with Gasteiger partial charge in [-0.1, -0.05) is 77.6 Å². The fraction of sp³-hybridized carbons (Fsp3) is 0.259. The molecule has 0 aliphatic rings. The monoisotopic (exact) mass is 629 g/mol. The van der Waals surface area contributed by atoms with Gasteiger partial charge in [0.1, 0.15) is 12.6 Å². The van der Waals surface area contributed by atoms with Crippen molar-refractivity contribution < 1.29 is 18.0 Å². The minimum absolute atomic E-state index is 0.0168. The van der Waals surface area contributed by atoms with Crippen LogP contribution in [0.25, 0.3) is 0 Å². The SMILES string of the molecule is CCNC(=O)[C@H](CC)N(Cc1c(Cl)cccc1Cl)C(=O)CN(c1cc(Cl)ccc1Cl)S(=O)(=O)c1ccccc1. The molecule has 39 heavy (non-hydrogen) atoms. The average molecular weight is 631 g/mol. The van der Waals surface area contributed by atoms with Crippen LogP contribution in [0.15, 0.2) is 71.6 Å². The first-order chi connectivity index (χ1) is 18.5. The molecule has 12 heteroatoms. The zero-order chi connectivity index (χ0) is 28.7. The van der Waals surface area contributed by atoms with E-state index >= 15 is 0 Å². The van der Waals surface area contributed by atoms with Crippen LogP contribution in [0.4, 0.5) is 5.69 Å². The van der Waals surface area contributed by atoms with Gasteiger partial charge in [-0.2, -0.15) is 0 Å². The molecule has 0 fully saturated rings. The highest BCUT2D eigenvalue weighted by atomic mass is 35.5. The third-order valence-electron chi connectivity index (χ3n) is 5.91. The lowest BCUT2D eigenvalue weighted by molar-refractivity contribution is -0.140. The second-order valence-corrected chi connectivity index (χ2v) is 12.0. The minimum Gasteiger partial charge on any atom is -0.355 e. The quantitative estimate of drug-likeness (QED) is 0.264. The standard InChI is InChI=1S/C27H27Cl4N3O4S/c1-3-24(27(36)32-4-2)33(16-20-21(29)11-8-12-22(20)30)26(35)17-34(25-15-18(28)13-14-23(25)31)39(37,38)19-9-6-5-7-10-19/h5-15,24H,3-4,16-17H2,1-2H3,(H,32,36)/t24-/m0/s1. The van der Waals surface area contributed by atoms with E-state index in [9.17, 15) is 18.0 Å². The van der Waals surface area contributed by atoms with Crippen LogP contribution < -0.4 is 9.62 Å². The third-order valence-corrected chi connectivity index (χ3v) is 8.95. The first kappa shape index (κ1) is 31.0. The van der Waals surface area contributed by atoms with Gasteiger partial charge in [-0.05, 0) is 55.8 Å². The summed E-state index contributed by atoms with van der Waals surface area (Å²) >= 11 is 25.4. The van der Waals surface area contributed by atoms with E-state index in [1.165, 1.54) is 35.2 Å². The maximum atomic E-state index is 14.0. The van der Waals surface area contributed by atoms with Gasteiger partial charge in [-0.25, -0.2) is 8.42 Å². The molecule has 0 bridgehead atoms. The number of anilines is 1. The van der Waals surface area contributed by atoms with Gasteiger partial charge in [0.15, 0.2) is 0 Å². The van der Waals surface area contributed by atoms with Crippen molar-refractivity contribution in [1.82, 2.24) is 10.2 Å². The summed E-state index contributed by atoms with van der Waals surface area (Å²) in [7, 11) is -4.28. The van der Waals surface area contributed by atoms with Crippen molar-refractivity contribution in [2.24, 2.45) is 0 Å². The fourth-order valence-corrected chi connectivity index (χ4v) is 6.37. The number of halogens is 4. The minimum atomic E-state index is -4.28.